The standard InChI is InChI=1S/C12H20N2O5/c15-7-10-8-19-6-5-14(10)12(18)13-3-1-9(2-4-13)11(16)17/h9-10,15H,1-8H2,(H,16,17). The SMILES string of the molecule is O=C(O)C1CCN(C(=O)N2CCOCC2CO)CC1. The molecule has 2 heterocycles. The molecule has 0 aromatic heterocycles. The number of aliphatic carboxylic acids is 1. The Morgan fingerprint density at radius 3 is 2.47 bits per heavy atom. The van der Waals surface area contributed by atoms with Crippen LogP contribution in [0.25, 0.3) is 0 Å². The minimum Gasteiger partial charge on any atom is -0.481 e. The number of carbonyl (C=O) groups excluding carboxylic acids is 1. The van der Waals surface area contributed by atoms with E-state index in [2.05, 4.69) is 0 Å². The molecule has 7 heteroatoms. The molecule has 2 saturated heterocycles. The number of likely N-dealkylation sites (tertiary alicyclic amines) is 1. The van der Waals surface area contributed by atoms with E-state index in [-0.39, 0.29) is 24.6 Å². The van der Waals surface area contributed by atoms with E-state index < -0.39 is 5.97 Å². The van der Waals surface area contributed by atoms with Gasteiger partial charge in [-0.2, -0.15) is 0 Å². The number of aliphatic hydroxyl groups excluding tert-OH is 1. The number of hydrogen-bond acceptors (Lipinski definition) is 4. The lowest BCUT2D eigenvalue weighted by atomic mass is 9.97. The van der Waals surface area contributed by atoms with E-state index in [1.165, 1.54) is 0 Å². The summed E-state index contributed by atoms with van der Waals surface area (Å²) in [4.78, 5) is 26.5. The number of carbonyl (C=O) groups is 2. The summed E-state index contributed by atoms with van der Waals surface area (Å²) >= 11 is 0. The van der Waals surface area contributed by atoms with Gasteiger partial charge >= 0.3 is 12.0 Å². The van der Waals surface area contributed by atoms with Crippen LogP contribution in [-0.4, -0.2) is 77.5 Å². The number of amides is 2. The molecule has 7 nitrogen and oxygen atoms in total. The number of nitrogens with zero attached hydrogens (tertiary/aromatic N) is 2. The fourth-order valence-corrected chi connectivity index (χ4v) is 2.56. The van der Waals surface area contributed by atoms with Crippen LogP contribution in [0.4, 0.5) is 4.79 Å². The Morgan fingerprint density at radius 2 is 1.89 bits per heavy atom. The molecular weight excluding hydrogens is 252 g/mol. The van der Waals surface area contributed by atoms with E-state index in [0.29, 0.717) is 45.7 Å². The third kappa shape index (κ3) is 3.16. The molecule has 2 aliphatic rings. The van der Waals surface area contributed by atoms with Crippen molar-refractivity contribution in [1.29, 1.82) is 0 Å². The highest BCUT2D eigenvalue weighted by molar-refractivity contribution is 5.76. The molecule has 1 unspecified atom stereocenters. The molecule has 0 spiro atoms. The molecule has 2 amide bonds. The van der Waals surface area contributed by atoms with E-state index in [1.807, 2.05) is 0 Å². The van der Waals surface area contributed by atoms with Crippen LogP contribution in [-0.2, 0) is 9.53 Å². The average Bonchev–Trinajstić information content (AvgIpc) is 2.46. The Morgan fingerprint density at radius 1 is 1.21 bits per heavy atom. The van der Waals surface area contributed by atoms with E-state index >= 15 is 0 Å². The van der Waals surface area contributed by atoms with Gasteiger partial charge in [-0.25, -0.2) is 4.79 Å². The zero-order valence-corrected chi connectivity index (χ0v) is 10.8. The summed E-state index contributed by atoms with van der Waals surface area (Å²) in [6.45, 7) is 2.12. The zero-order valence-electron chi connectivity index (χ0n) is 10.8. The Hall–Kier alpha value is -1.34. The van der Waals surface area contributed by atoms with Crippen LogP contribution in [0, 0.1) is 5.92 Å². The maximum atomic E-state index is 12.3. The number of urea groups is 1. The first-order valence-corrected chi connectivity index (χ1v) is 6.60. The first-order chi connectivity index (χ1) is 9.13. The minimum absolute atomic E-state index is 0.114. The van der Waals surface area contributed by atoms with Crippen molar-refractivity contribution in [3.8, 4) is 0 Å². The van der Waals surface area contributed by atoms with Gasteiger partial charge in [0.2, 0.25) is 0 Å². The fraction of sp³-hybridized carbons (Fsp3) is 0.833. The number of rotatable bonds is 2. The van der Waals surface area contributed by atoms with Gasteiger partial charge in [0.15, 0.2) is 0 Å². The summed E-state index contributed by atoms with van der Waals surface area (Å²) in [5, 5.41) is 18.2. The molecule has 0 radical (unpaired) electrons. The van der Waals surface area contributed by atoms with Gasteiger partial charge in [0.25, 0.3) is 0 Å². The molecule has 0 bridgehead atoms. The predicted octanol–water partition coefficient (Wildman–Crippen LogP) is -0.404. The van der Waals surface area contributed by atoms with Gasteiger partial charge in [-0.05, 0) is 12.8 Å². The van der Waals surface area contributed by atoms with Gasteiger partial charge in [0, 0.05) is 19.6 Å². The van der Waals surface area contributed by atoms with Crippen molar-refractivity contribution in [1.82, 2.24) is 9.80 Å². The molecule has 1 atom stereocenters. The maximum absolute atomic E-state index is 12.3. The van der Waals surface area contributed by atoms with Crippen LogP contribution in [0.2, 0.25) is 0 Å². The molecule has 2 fully saturated rings. The Kier molecular flexibility index (Phi) is 4.60. The fourth-order valence-electron chi connectivity index (χ4n) is 2.56. The number of morpholine rings is 1. The third-order valence-electron chi connectivity index (χ3n) is 3.80. The largest absolute Gasteiger partial charge is 0.481 e. The van der Waals surface area contributed by atoms with Crippen LogP contribution in [0.5, 0.6) is 0 Å². The van der Waals surface area contributed by atoms with Crippen molar-refractivity contribution in [2.24, 2.45) is 5.92 Å². The van der Waals surface area contributed by atoms with Crippen molar-refractivity contribution in [3.63, 3.8) is 0 Å². The predicted molar refractivity (Wildman–Crippen MR) is 65.7 cm³/mol. The molecule has 2 aliphatic heterocycles. The molecular formula is C12H20N2O5. The molecule has 0 aliphatic carbocycles. The van der Waals surface area contributed by atoms with Gasteiger partial charge in [0.05, 0.1) is 31.8 Å². The number of ether oxygens (including phenoxy) is 1. The summed E-state index contributed by atoms with van der Waals surface area (Å²) in [5.74, 6) is -1.13. The van der Waals surface area contributed by atoms with Crippen LogP contribution < -0.4 is 0 Å². The molecule has 0 saturated carbocycles. The first kappa shape index (κ1) is 14.1. The molecule has 108 valence electrons. The number of carboxylic acids is 1. The number of hydrogen-bond donors (Lipinski definition) is 2. The van der Waals surface area contributed by atoms with Crippen molar-refractivity contribution < 1.29 is 24.5 Å². The normalized spacial score (nSPS) is 25.4. The van der Waals surface area contributed by atoms with E-state index in [4.69, 9.17) is 9.84 Å². The second-order valence-electron chi connectivity index (χ2n) is 4.99. The minimum atomic E-state index is -0.785. The number of aliphatic hydroxyl groups is 1. The highest BCUT2D eigenvalue weighted by Crippen LogP contribution is 2.20. The Balaban J connectivity index is 1.91. The van der Waals surface area contributed by atoms with Gasteiger partial charge in [-0.3, -0.25) is 4.79 Å². The zero-order chi connectivity index (χ0) is 13.8. The summed E-state index contributed by atoms with van der Waals surface area (Å²) in [6.07, 6.45) is 0.990. The molecule has 19 heavy (non-hydrogen) atoms. The van der Waals surface area contributed by atoms with E-state index in [1.54, 1.807) is 9.80 Å². The van der Waals surface area contributed by atoms with Gasteiger partial charge < -0.3 is 24.7 Å². The lowest BCUT2D eigenvalue weighted by molar-refractivity contribution is -0.143. The van der Waals surface area contributed by atoms with Gasteiger partial charge in [-0.15, -0.1) is 0 Å². The van der Waals surface area contributed by atoms with Crippen molar-refractivity contribution in [2.75, 3.05) is 39.5 Å². The first-order valence-electron chi connectivity index (χ1n) is 6.60. The highest BCUT2D eigenvalue weighted by Gasteiger charge is 2.33. The molecule has 0 aromatic rings. The smallest absolute Gasteiger partial charge is 0.320 e. The van der Waals surface area contributed by atoms with Crippen LogP contribution in [0.15, 0.2) is 0 Å². The summed E-state index contributed by atoms with van der Waals surface area (Å²) in [6, 6.07) is -0.412. The van der Waals surface area contributed by atoms with Crippen molar-refractivity contribution >= 4 is 12.0 Å². The third-order valence-corrected chi connectivity index (χ3v) is 3.80. The monoisotopic (exact) mass is 272 g/mol. The molecule has 0 aromatic carbocycles. The summed E-state index contributed by atoms with van der Waals surface area (Å²) < 4.78 is 5.24. The van der Waals surface area contributed by atoms with Crippen molar-refractivity contribution in [3.05, 3.63) is 0 Å². The van der Waals surface area contributed by atoms with Gasteiger partial charge in [-0.1, -0.05) is 0 Å². The Bertz CT molecular complexity index is 341. The average molecular weight is 272 g/mol. The lowest BCUT2D eigenvalue weighted by Crippen LogP contribution is -2.56. The summed E-state index contributed by atoms with van der Waals surface area (Å²) in [7, 11) is 0. The van der Waals surface area contributed by atoms with E-state index in [9.17, 15) is 14.7 Å². The van der Waals surface area contributed by atoms with Crippen molar-refractivity contribution in [2.45, 2.75) is 18.9 Å². The second-order valence-corrected chi connectivity index (χ2v) is 4.99. The maximum Gasteiger partial charge on any atom is 0.320 e. The van der Waals surface area contributed by atoms with E-state index in [0.717, 1.165) is 0 Å². The number of piperidine rings is 1. The second kappa shape index (κ2) is 6.21. The number of carboxylic acid groups (broad SMARTS) is 1. The molecule has 2 rings (SSSR count). The lowest BCUT2D eigenvalue weighted by Gasteiger charge is -2.40. The van der Waals surface area contributed by atoms with Crippen LogP contribution in [0.3, 0.4) is 0 Å². The topological polar surface area (TPSA) is 90.3 Å². The summed E-state index contributed by atoms with van der Waals surface area (Å²) in [5.41, 5.74) is 0. The highest BCUT2D eigenvalue weighted by atomic mass is 16.5. The quantitative estimate of drug-likeness (QED) is 0.713. The van der Waals surface area contributed by atoms with Gasteiger partial charge in [0.1, 0.15) is 0 Å². The van der Waals surface area contributed by atoms with Crippen LogP contribution >= 0.6 is 0 Å². The van der Waals surface area contributed by atoms with Crippen LogP contribution in [0.1, 0.15) is 12.8 Å². The Labute approximate surface area is 111 Å². The molecule has 2 N–H and O–H groups in total.